The highest BCUT2D eigenvalue weighted by molar-refractivity contribution is 9.10. The van der Waals surface area contributed by atoms with E-state index >= 15 is 0 Å². The van der Waals surface area contributed by atoms with Crippen molar-refractivity contribution in [3.05, 3.63) is 49.8 Å². The minimum absolute atomic E-state index is 0.459. The summed E-state index contributed by atoms with van der Waals surface area (Å²) in [6, 6.07) is 5.41. The van der Waals surface area contributed by atoms with Gasteiger partial charge in [-0.1, -0.05) is 43.1 Å². The number of halogens is 3. The Kier molecular flexibility index (Phi) is 5.47. The first-order valence-corrected chi connectivity index (χ1v) is 8.16. The van der Waals surface area contributed by atoms with Crippen molar-refractivity contribution >= 4 is 44.9 Å². The Labute approximate surface area is 143 Å². The van der Waals surface area contributed by atoms with Gasteiger partial charge >= 0.3 is 0 Å². The van der Waals surface area contributed by atoms with Crippen molar-refractivity contribution in [1.82, 2.24) is 9.97 Å². The highest BCUT2D eigenvalue weighted by Crippen LogP contribution is 2.26. The van der Waals surface area contributed by atoms with E-state index in [1.807, 2.05) is 6.07 Å². The van der Waals surface area contributed by atoms with Gasteiger partial charge in [-0.25, -0.2) is 9.97 Å². The molecule has 1 heterocycles. The molecule has 21 heavy (non-hydrogen) atoms. The number of anilines is 1. The van der Waals surface area contributed by atoms with Crippen molar-refractivity contribution in [2.45, 2.75) is 26.7 Å². The molecule has 2 N–H and O–H groups in total. The quantitative estimate of drug-likeness (QED) is 0.808. The molecule has 0 radical (unpaired) electrons. The van der Waals surface area contributed by atoms with Crippen LogP contribution in [0.1, 0.15) is 30.9 Å². The monoisotopic (exact) mass is 387 g/mol. The number of benzene rings is 1. The van der Waals surface area contributed by atoms with Crippen LogP contribution in [-0.4, -0.2) is 9.97 Å². The maximum absolute atomic E-state index is 6.19. The molecular weight excluding hydrogens is 373 g/mol. The van der Waals surface area contributed by atoms with Crippen molar-refractivity contribution < 1.29 is 0 Å². The van der Waals surface area contributed by atoms with Gasteiger partial charge in [0.2, 0.25) is 0 Å². The SMILES string of the molecule is CC(C)Cc1nc(Cc2ccc(Cl)cc2Cl)nc(N)c1Br. The van der Waals surface area contributed by atoms with Gasteiger partial charge in [0.25, 0.3) is 0 Å². The number of rotatable bonds is 4. The third-order valence-corrected chi connectivity index (χ3v) is 4.41. The molecule has 0 amide bonds. The highest BCUT2D eigenvalue weighted by Gasteiger charge is 2.13. The molecular formula is C15H16BrCl2N3. The first kappa shape index (κ1) is 16.5. The number of nitrogens with two attached hydrogens (primary N) is 1. The molecule has 3 nitrogen and oxygen atoms in total. The number of hydrogen-bond donors (Lipinski definition) is 1. The molecule has 0 fully saturated rings. The molecule has 0 atom stereocenters. The highest BCUT2D eigenvalue weighted by atomic mass is 79.9. The lowest BCUT2D eigenvalue weighted by Gasteiger charge is -2.11. The molecule has 1 aromatic heterocycles. The van der Waals surface area contributed by atoms with E-state index in [2.05, 4.69) is 39.7 Å². The van der Waals surface area contributed by atoms with Gasteiger partial charge in [0.15, 0.2) is 0 Å². The zero-order chi connectivity index (χ0) is 15.6. The maximum atomic E-state index is 6.19. The fraction of sp³-hybridized carbons (Fsp3) is 0.333. The summed E-state index contributed by atoms with van der Waals surface area (Å²) < 4.78 is 0.780. The first-order chi connectivity index (χ1) is 9.86. The summed E-state index contributed by atoms with van der Waals surface area (Å²) in [5.41, 5.74) is 7.82. The third-order valence-electron chi connectivity index (χ3n) is 2.96. The molecule has 0 aliphatic rings. The molecule has 0 unspecified atom stereocenters. The summed E-state index contributed by atoms with van der Waals surface area (Å²) in [5, 5.41) is 1.22. The third kappa shape index (κ3) is 4.31. The molecule has 0 bridgehead atoms. The van der Waals surface area contributed by atoms with Crippen molar-refractivity contribution in [2.24, 2.45) is 5.92 Å². The summed E-state index contributed by atoms with van der Waals surface area (Å²) in [6.07, 6.45) is 1.37. The van der Waals surface area contributed by atoms with E-state index in [0.29, 0.717) is 34.0 Å². The van der Waals surface area contributed by atoms with Gasteiger partial charge < -0.3 is 5.73 Å². The molecule has 2 rings (SSSR count). The van der Waals surface area contributed by atoms with Crippen molar-refractivity contribution in [3.8, 4) is 0 Å². The number of aromatic nitrogens is 2. The summed E-state index contributed by atoms with van der Waals surface area (Å²) in [4.78, 5) is 8.93. The van der Waals surface area contributed by atoms with Gasteiger partial charge in [0.1, 0.15) is 11.6 Å². The van der Waals surface area contributed by atoms with Crippen molar-refractivity contribution in [2.75, 3.05) is 5.73 Å². The van der Waals surface area contributed by atoms with Gasteiger partial charge in [-0.3, -0.25) is 0 Å². The zero-order valence-corrected chi connectivity index (χ0v) is 14.9. The Bertz CT molecular complexity index is 660. The minimum Gasteiger partial charge on any atom is -0.383 e. The van der Waals surface area contributed by atoms with E-state index in [1.165, 1.54) is 0 Å². The number of hydrogen-bond acceptors (Lipinski definition) is 3. The van der Waals surface area contributed by atoms with Crippen LogP contribution in [0.5, 0.6) is 0 Å². The lowest BCUT2D eigenvalue weighted by Crippen LogP contribution is -2.08. The second-order valence-corrected chi connectivity index (χ2v) is 6.93. The molecule has 0 aliphatic heterocycles. The van der Waals surface area contributed by atoms with E-state index in [0.717, 1.165) is 22.2 Å². The molecule has 2 aromatic rings. The van der Waals surface area contributed by atoms with Crippen LogP contribution in [0.15, 0.2) is 22.7 Å². The summed E-state index contributed by atoms with van der Waals surface area (Å²) in [5.74, 6) is 1.61. The van der Waals surface area contributed by atoms with Crippen LogP contribution in [-0.2, 0) is 12.8 Å². The largest absolute Gasteiger partial charge is 0.383 e. The van der Waals surface area contributed by atoms with E-state index in [1.54, 1.807) is 12.1 Å². The number of nitrogen functional groups attached to an aromatic ring is 1. The van der Waals surface area contributed by atoms with Gasteiger partial charge in [0, 0.05) is 16.5 Å². The first-order valence-electron chi connectivity index (χ1n) is 6.61. The molecule has 112 valence electrons. The van der Waals surface area contributed by atoms with Crippen molar-refractivity contribution in [1.29, 1.82) is 0 Å². The normalized spacial score (nSPS) is 11.1. The second-order valence-electron chi connectivity index (χ2n) is 5.30. The predicted molar refractivity (Wildman–Crippen MR) is 92.0 cm³/mol. The van der Waals surface area contributed by atoms with E-state index < -0.39 is 0 Å². The molecule has 0 saturated heterocycles. The standard InChI is InChI=1S/C15H16BrCl2N3/c1-8(2)5-12-14(16)15(19)21-13(20-12)6-9-3-4-10(17)7-11(9)18/h3-4,7-8H,5-6H2,1-2H3,(H2,19,20,21). The van der Waals surface area contributed by atoms with Crippen LogP contribution in [0.2, 0.25) is 10.0 Å². The van der Waals surface area contributed by atoms with E-state index in [9.17, 15) is 0 Å². The van der Waals surface area contributed by atoms with E-state index in [4.69, 9.17) is 28.9 Å². The van der Waals surface area contributed by atoms with Gasteiger partial charge in [0.05, 0.1) is 10.2 Å². The Balaban J connectivity index is 2.33. The van der Waals surface area contributed by atoms with Gasteiger partial charge in [-0.05, 0) is 46.0 Å². The molecule has 0 saturated carbocycles. The molecule has 0 aliphatic carbocycles. The van der Waals surface area contributed by atoms with Crippen molar-refractivity contribution in [3.63, 3.8) is 0 Å². The predicted octanol–water partition coefficient (Wildman–Crippen LogP) is 4.92. The van der Waals surface area contributed by atoms with Crippen LogP contribution in [0.25, 0.3) is 0 Å². The van der Waals surface area contributed by atoms with Gasteiger partial charge in [-0.15, -0.1) is 0 Å². The Morgan fingerprint density at radius 1 is 1.24 bits per heavy atom. The zero-order valence-electron chi connectivity index (χ0n) is 11.8. The average molecular weight is 389 g/mol. The Morgan fingerprint density at radius 2 is 1.95 bits per heavy atom. The Hall–Kier alpha value is -0.840. The van der Waals surface area contributed by atoms with Crippen LogP contribution in [0, 0.1) is 5.92 Å². The summed E-state index contributed by atoms with van der Waals surface area (Å²) in [7, 11) is 0. The second kappa shape index (κ2) is 6.95. The lowest BCUT2D eigenvalue weighted by molar-refractivity contribution is 0.629. The molecule has 6 heteroatoms. The van der Waals surface area contributed by atoms with Crippen LogP contribution >= 0.6 is 39.1 Å². The smallest absolute Gasteiger partial charge is 0.141 e. The van der Waals surface area contributed by atoms with Crippen LogP contribution < -0.4 is 5.73 Å². The maximum Gasteiger partial charge on any atom is 0.141 e. The fourth-order valence-corrected chi connectivity index (χ4v) is 2.82. The minimum atomic E-state index is 0.459. The molecule has 1 aromatic carbocycles. The molecule has 0 spiro atoms. The lowest BCUT2D eigenvalue weighted by atomic mass is 10.1. The average Bonchev–Trinajstić information content (AvgIpc) is 2.38. The van der Waals surface area contributed by atoms with Crippen LogP contribution in [0.3, 0.4) is 0 Å². The van der Waals surface area contributed by atoms with Gasteiger partial charge in [-0.2, -0.15) is 0 Å². The van der Waals surface area contributed by atoms with Crippen LogP contribution in [0.4, 0.5) is 5.82 Å². The topological polar surface area (TPSA) is 51.8 Å². The fourth-order valence-electron chi connectivity index (χ4n) is 2.00. The Morgan fingerprint density at radius 3 is 2.57 bits per heavy atom. The summed E-state index contributed by atoms with van der Waals surface area (Å²) in [6.45, 7) is 4.28. The summed E-state index contributed by atoms with van der Waals surface area (Å²) >= 11 is 15.6. The number of nitrogens with zero attached hydrogens (tertiary/aromatic N) is 2. The van der Waals surface area contributed by atoms with E-state index in [-0.39, 0.29) is 0 Å².